The predicted octanol–water partition coefficient (Wildman–Crippen LogP) is 0.739. The third-order valence-electron chi connectivity index (χ3n) is 2.46. The molecule has 0 fully saturated rings. The fourth-order valence-electron chi connectivity index (χ4n) is 1.66. The summed E-state index contributed by atoms with van der Waals surface area (Å²) in [5.74, 6) is -0.990. The smallest absolute Gasteiger partial charge is 0.325 e. The molecule has 1 aliphatic rings. The zero-order valence-electron chi connectivity index (χ0n) is 7.66. The maximum absolute atomic E-state index is 10.7. The van der Waals surface area contributed by atoms with Crippen LogP contribution in [0.15, 0.2) is 18.2 Å². The van der Waals surface area contributed by atoms with Gasteiger partial charge in [-0.05, 0) is 23.6 Å². The summed E-state index contributed by atoms with van der Waals surface area (Å²) in [5, 5.41) is 12.0. The number of carboxylic acids is 1. The van der Waals surface area contributed by atoms with Gasteiger partial charge in [-0.15, -0.1) is 0 Å². The van der Waals surface area contributed by atoms with Crippen LogP contribution in [0.3, 0.4) is 0 Å². The number of nitrogens with two attached hydrogens (primary N) is 1. The maximum Gasteiger partial charge on any atom is 0.325 e. The van der Waals surface area contributed by atoms with Gasteiger partial charge in [-0.25, -0.2) is 0 Å². The number of carbonyl (C=O) groups is 1. The molecule has 0 saturated carbocycles. The zero-order valence-corrected chi connectivity index (χ0v) is 7.66. The molecule has 0 aliphatic carbocycles. The molecule has 0 spiro atoms. The van der Waals surface area contributed by atoms with Crippen LogP contribution in [-0.4, -0.2) is 17.6 Å². The number of fused-ring (bicyclic) bond motifs is 1. The molecular formula is C10H12N2O2. The SMILES string of the molecule is NC(C(=O)O)c1ccc2c(c1)CCN2. The van der Waals surface area contributed by atoms with Crippen LogP contribution in [-0.2, 0) is 11.2 Å². The number of benzene rings is 1. The maximum atomic E-state index is 10.7. The number of rotatable bonds is 2. The van der Waals surface area contributed by atoms with Crippen LogP contribution in [0, 0.1) is 0 Å². The van der Waals surface area contributed by atoms with Gasteiger partial charge in [0.05, 0.1) is 0 Å². The number of nitrogens with one attached hydrogen (secondary N) is 1. The lowest BCUT2D eigenvalue weighted by atomic mass is 10.0. The van der Waals surface area contributed by atoms with Crippen LogP contribution in [0.2, 0.25) is 0 Å². The van der Waals surface area contributed by atoms with E-state index in [-0.39, 0.29) is 0 Å². The molecule has 1 atom stereocenters. The number of carboxylic acid groups (broad SMARTS) is 1. The molecule has 4 N–H and O–H groups in total. The van der Waals surface area contributed by atoms with E-state index in [1.807, 2.05) is 12.1 Å². The zero-order chi connectivity index (χ0) is 10.1. The van der Waals surface area contributed by atoms with Crippen LogP contribution in [0.5, 0.6) is 0 Å². The molecule has 0 saturated heterocycles. The van der Waals surface area contributed by atoms with Gasteiger partial charge in [-0.1, -0.05) is 12.1 Å². The van der Waals surface area contributed by atoms with Crippen LogP contribution < -0.4 is 11.1 Å². The molecule has 1 aromatic carbocycles. The summed E-state index contributed by atoms with van der Waals surface area (Å²) in [7, 11) is 0. The Kier molecular flexibility index (Phi) is 2.13. The van der Waals surface area contributed by atoms with E-state index in [0.29, 0.717) is 5.56 Å². The molecule has 0 amide bonds. The van der Waals surface area contributed by atoms with E-state index in [2.05, 4.69) is 5.32 Å². The number of hydrogen-bond donors (Lipinski definition) is 3. The lowest BCUT2D eigenvalue weighted by Crippen LogP contribution is -2.20. The highest BCUT2D eigenvalue weighted by molar-refractivity contribution is 5.76. The van der Waals surface area contributed by atoms with E-state index >= 15 is 0 Å². The summed E-state index contributed by atoms with van der Waals surface area (Å²) in [5.41, 5.74) is 8.42. The van der Waals surface area contributed by atoms with Crippen LogP contribution in [0.1, 0.15) is 17.2 Å². The second-order valence-electron chi connectivity index (χ2n) is 3.41. The third-order valence-corrected chi connectivity index (χ3v) is 2.46. The van der Waals surface area contributed by atoms with Gasteiger partial charge in [0.1, 0.15) is 6.04 Å². The van der Waals surface area contributed by atoms with Gasteiger partial charge >= 0.3 is 5.97 Å². The molecule has 4 heteroatoms. The monoisotopic (exact) mass is 192 g/mol. The Balaban J connectivity index is 2.33. The van der Waals surface area contributed by atoms with Crippen molar-refractivity contribution in [2.45, 2.75) is 12.5 Å². The molecule has 1 heterocycles. The van der Waals surface area contributed by atoms with Crippen molar-refractivity contribution in [3.05, 3.63) is 29.3 Å². The second-order valence-corrected chi connectivity index (χ2v) is 3.41. The van der Waals surface area contributed by atoms with Crippen molar-refractivity contribution < 1.29 is 9.90 Å². The highest BCUT2D eigenvalue weighted by atomic mass is 16.4. The number of aliphatic carboxylic acids is 1. The molecule has 1 aliphatic heterocycles. The fourth-order valence-corrected chi connectivity index (χ4v) is 1.66. The average molecular weight is 192 g/mol. The van der Waals surface area contributed by atoms with Crippen LogP contribution in [0.4, 0.5) is 5.69 Å². The quantitative estimate of drug-likeness (QED) is 0.646. The standard InChI is InChI=1S/C10H12N2O2/c11-9(10(13)14)7-1-2-8-6(5-7)3-4-12-8/h1-2,5,9,12H,3-4,11H2,(H,13,14). The van der Waals surface area contributed by atoms with Crippen molar-refractivity contribution in [2.24, 2.45) is 5.73 Å². The van der Waals surface area contributed by atoms with Crippen molar-refractivity contribution in [2.75, 3.05) is 11.9 Å². The van der Waals surface area contributed by atoms with Crippen molar-refractivity contribution in [1.29, 1.82) is 0 Å². The summed E-state index contributed by atoms with van der Waals surface area (Å²) in [6.45, 7) is 0.918. The lowest BCUT2D eigenvalue weighted by molar-refractivity contribution is -0.138. The molecule has 14 heavy (non-hydrogen) atoms. The Morgan fingerprint density at radius 2 is 2.36 bits per heavy atom. The summed E-state index contributed by atoms with van der Waals surface area (Å²) in [4.78, 5) is 10.7. The Morgan fingerprint density at radius 3 is 3.07 bits per heavy atom. The van der Waals surface area contributed by atoms with Gasteiger partial charge in [0.15, 0.2) is 0 Å². The molecule has 1 unspecified atom stereocenters. The van der Waals surface area contributed by atoms with Crippen LogP contribution >= 0.6 is 0 Å². The van der Waals surface area contributed by atoms with Crippen molar-refractivity contribution in [3.63, 3.8) is 0 Å². The highest BCUT2D eigenvalue weighted by Gasteiger charge is 2.17. The molecule has 0 radical (unpaired) electrons. The number of hydrogen-bond acceptors (Lipinski definition) is 3. The molecule has 0 aromatic heterocycles. The lowest BCUT2D eigenvalue weighted by Gasteiger charge is -2.08. The minimum absolute atomic E-state index is 0.667. The van der Waals surface area contributed by atoms with Gasteiger partial charge in [0.25, 0.3) is 0 Å². The van der Waals surface area contributed by atoms with Crippen molar-refractivity contribution in [3.8, 4) is 0 Å². The fraction of sp³-hybridized carbons (Fsp3) is 0.300. The Morgan fingerprint density at radius 1 is 1.57 bits per heavy atom. The first kappa shape index (κ1) is 9.02. The van der Waals surface area contributed by atoms with E-state index in [9.17, 15) is 4.79 Å². The van der Waals surface area contributed by atoms with Crippen LogP contribution in [0.25, 0.3) is 0 Å². The molecule has 0 bridgehead atoms. The normalized spacial score (nSPS) is 15.8. The van der Waals surface area contributed by atoms with Crippen molar-refractivity contribution in [1.82, 2.24) is 0 Å². The van der Waals surface area contributed by atoms with Crippen molar-refractivity contribution >= 4 is 11.7 Å². The molecule has 2 rings (SSSR count). The first-order chi connectivity index (χ1) is 6.68. The first-order valence-corrected chi connectivity index (χ1v) is 4.53. The average Bonchev–Trinajstić information content (AvgIpc) is 2.62. The van der Waals surface area contributed by atoms with E-state index in [1.165, 1.54) is 0 Å². The summed E-state index contributed by atoms with van der Waals surface area (Å²) in [6, 6.07) is 4.60. The van der Waals surface area contributed by atoms with Gasteiger partial charge in [0.2, 0.25) is 0 Å². The molecule has 4 nitrogen and oxygen atoms in total. The predicted molar refractivity (Wildman–Crippen MR) is 53.2 cm³/mol. The first-order valence-electron chi connectivity index (χ1n) is 4.53. The van der Waals surface area contributed by atoms with Gasteiger partial charge in [-0.3, -0.25) is 4.79 Å². The molecule has 74 valence electrons. The third kappa shape index (κ3) is 1.44. The Labute approximate surface area is 81.7 Å². The van der Waals surface area contributed by atoms with Gasteiger partial charge in [-0.2, -0.15) is 0 Å². The second kappa shape index (κ2) is 3.31. The topological polar surface area (TPSA) is 75.4 Å². The highest BCUT2D eigenvalue weighted by Crippen LogP contribution is 2.25. The largest absolute Gasteiger partial charge is 0.480 e. The van der Waals surface area contributed by atoms with E-state index in [4.69, 9.17) is 10.8 Å². The van der Waals surface area contributed by atoms with E-state index in [1.54, 1.807) is 6.07 Å². The summed E-state index contributed by atoms with van der Waals surface area (Å²) >= 11 is 0. The summed E-state index contributed by atoms with van der Waals surface area (Å²) < 4.78 is 0. The Hall–Kier alpha value is -1.55. The number of anilines is 1. The summed E-state index contributed by atoms with van der Waals surface area (Å²) in [6.07, 6.45) is 0.940. The van der Waals surface area contributed by atoms with E-state index < -0.39 is 12.0 Å². The minimum Gasteiger partial charge on any atom is -0.480 e. The minimum atomic E-state index is -0.990. The molecular weight excluding hydrogens is 180 g/mol. The molecule has 1 aromatic rings. The van der Waals surface area contributed by atoms with Gasteiger partial charge < -0.3 is 16.2 Å². The van der Waals surface area contributed by atoms with E-state index in [0.717, 1.165) is 24.2 Å². The Bertz CT molecular complexity index is 376. The van der Waals surface area contributed by atoms with Gasteiger partial charge in [0, 0.05) is 12.2 Å².